The highest BCUT2D eigenvalue weighted by molar-refractivity contribution is 7.11. The van der Waals surface area contributed by atoms with Crippen LogP contribution in [0.2, 0.25) is 0 Å². The molecule has 0 unspecified atom stereocenters. The van der Waals surface area contributed by atoms with E-state index < -0.39 is 0 Å². The lowest BCUT2D eigenvalue weighted by molar-refractivity contribution is -0.0507. The number of ether oxygens (including phenoxy) is 1. The molecule has 4 heteroatoms. The molecule has 1 heterocycles. The van der Waals surface area contributed by atoms with Crippen LogP contribution >= 0.6 is 11.3 Å². The molecule has 0 radical (unpaired) electrons. The van der Waals surface area contributed by atoms with Crippen LogP contribution < -0.4 is 5.32 Å². The van der Waals surface area contributed by atoms with Gasteiger partial charge in [-0.15, -0.1) is 11.3 Å². The van der Waals surface area contributed by atoms with Gasteiger partial charge in [0, 0.05) is 18.0 Å². The summed E-state index contributed by atoms with van der Waals surface area (Å²) in [6, 6.07) is 0. The van der Waals surface area contributed by atoms with E-state index >= 15 is 0 Å². The molecule has 0 atom stereocenters. The van der Waals surface area contributed by atoms with Gasteiger partial charge in [-0.05, 0) is 39.2 Å². The first-order chi connectivity index (χ1) is 9.49. The maximum Gasteiger partial charge on any atom is 0.125 e. The third-order valence-electron chi connectivity index (χ3n) is 3.68. The molecule has 1 aromatic heterocycles. The fourth-order valence-electron chi connectivity index (χ4n) is 2.36. The van der Waals surface area contributed by atoms with Crippen LogP contribution in [0.15, 0.2) is 0 Å². The van der Waals surface area contributed by atoms with Gasteiger partial charge in [-0.2, -0.15) is 0 Å². The first kappa shape index (κ1) is 17.6. The van der Waals surface area contributed by atoms with Gasteiger partial charge in [-0.1, -0.05) is 27.7 Å². The second-order valence-corrected chi connectivity index (χ2v) is 6.77. The number of hydrogen-bond acceptors (Lipinski definition) is 4. The van der Waals surface area contributed by atoms with Crippen LogP contribution in [-0.4, -0.2) is 18.1 Å². The van der Waals surface area contributed by atoms with Crippen LogP contribution in [0.4, 0.5) is 0 Å². The van der Waals surface area contributed by atoms with Crippen LogP contribution in [0.1, 0.15) is 63.0 Å². The van der Waals surface area contributed by atoms with E-state index in [0.29, 0.717) is 5.92 Å². The minimum Gasteiger partial charge on any atom is -0.368 e. The second-order valence-electron chi connectivity index (χ2n) is 5.69. The molecule has 1 rings (SSSR count). The summed E-state index contributed by atoms with van der Waals surface area (Å²) in [7, 11) is 0. The largest absolute Gasteiger partial charge is 0.368 e. The van der Waals surface area contributed by atoms with Crippen LogP contribution in [0, 0.1) is 12.8 Å². The number of nitrogens with one attached hydrogen (secondary N) is 1. The molecular weight excluding hydrogens is 268 g/mol. The van der Waals surface area contributed by atoms with Gasteiger partial charge in [-0.3, -0.25) is 0 Å². The van der Waals surface area contributed by atoms with Crippen molar-refractivity contribution in [3.05, 3.63) is 15.6 Å². The van der Waals surface area contributed by atoms with Crippen LogP contribution in [0.3, 0.4) is 0 Å². The highest BCUT2D eigenvalue weighted by atomic mass is 32.1. The van der Waals surface area contributed by atoms with Gasteiger partial charge in [0.25, 0.3) is 0 Å². The van der Waals surface area contributed by atoms with Crippen molar-refractivity contribution in [1.29, 1.82) is 0 Å². The highest BCUT2D eigenvalue weighted by Crippen LogP contribution is 2.36. The van der Waals surface area contributed by atoms with Crippen molar-refractivity contribution >= 4 is 11.3 Å². The third kappa shape index (κ3) is 4.27. The molecule has 20 heavy (non-hydrogen) atoms. The summed E-state index contributed by atoms with van der Waals surface area (Å²) in [6.45, 7) is 15.7. The van der Waals surface area contributed by atoms with Gasteiger partial charge in [-0.25, -0.2) is 4.98 Å². The minimum atomic E-state index is -0.194. The quantitative estimate of drug-likeness (QED) is 0.740. The predicted octanol–water partition coefficient (Wildman–Crippen LogP) is 4.25. The van der Waals surface area contributed by atoms with Crippen LogP contribution in [0.25, 0.3) is 0 Å². The lowest BCUT2D eigenvalue weighted by Crippen LogP contribution is -2.28. The Morgan fingerprint density at radius 3 is 2.40 bits per heavy atom. The molecule has 0 fully saturated rings. The molecule has 0 saturated heterocycles. The fraction of sp³-hybridized carbons (Fsp3) is 0.812. The molecular formula is C16H30N2OS. The van der Waals surface area contributed by atoms with E-state index in [1.807, 2.05) is 11.3 Å². The summed E-state index contributed by atoms with van der Waals surface area (Å²) in [5.41, 5.74) is 0.952. The molecule has 0 aliphatic heterocycles. The Balaban J connectivity index is 2.86. The molecule has 0 aliphatic carbocycles. The maximum absolute atomic E-state index is 6.05. The smallest absolute Gasteiger partial charge is 0.125 e. The van der Waals surface area contributed by atoms with E-state index in [4.69, 9.17) is 9.72 Å². The van der Waals surface area contributed by atoms with Crippen molar-refractivity contribution in [2.45, 2.75) is 66.5 Å². The first-order valence-electron chi connectivity index (χ1n) is 7.80. The molecule has 0 spiro atoms. The Morgan fingerprint density at radius 1 is 1.25 bits per heavy atom. The zero-order chi connectivity index (χ0) is 15.2. The van der Waals surface area contributed by atoms with E-state index in [9.17, 15) is 0 Å². The number of nitrogens with zero attached hydrogens (tertiary/aromatic N) is 1. The van der Waals surface area contributed by atoms with E-state index in [1.165, 1.54) is 4.88 Å². The fourth-order valence-corrected chi connectivity index (χ4v) is 3.67. The standard InChI is InChI=1S/C16H30N2OS/c1-7-16(8-2,19-9-3)15-18-13(6)14(20-15)11-17-10-12(4)5/h12,17H,7-11H2,1-6H3. The van der Waals surface area contributed by atoms with Gasteiger partial charge in [0.15, 0.2) is 0 Å². The Morgan fingerprint density at radius 2 is 1.90 bits per heavy atom. The van der Waals surface area contributed by atoms with Crippen molar-refractivity contribution in [3.63, 3.8) is 0 Å². The van der Waals surface area contributed by atoms with Gasteiger partial charge in [0.1, 0.15) is 10.6 Å². The third-order valence-corrected chi connectivity index (χ3v) is 5.03. The summed E-state index contributed by atoms with van der Waals surface area (Å²) in [5, 5.41) is 4.65. The van der Waals surface area contributed by atoms with Crippen LogP contribution in [-0.2, 0) is 16.9 Å². The summed E-state index contributed by atoms with van der Waals surface area (Å²) < 4.78 is 6.05. The molecule has 3 nitrogen and oxygen atoms in total. The zero-order valence-corrected chi connectivity index (χ0v) is 14.7. The molecule has 0 aromatic carbocycles. The molecule has 1 aromatic rings. The minimum absolute atomic E-state index is 0.194. The highest BCUT2D eigenvalue weighted by Gasteiger charge is 2.33. The predicted molar refractivity (Wildman–Crippen MR) is 87.3 cm³/mol. The summed E-state index contributed by atoms with van der Waals surface area (Å²) in [4.78, 5) is 6.13. The Hall–Kier alpha value is -0.450. The molecule has 116 valence electrons. The topological polar surface area (TPSA) is 34.1 Å². The summed E-state index contributed by atoms with van der Waals surface area (Å²) >= 11 is 1.81. The SMILES string of the molecule is CCOC(CC)(CC)c1nc(C)c(CNCC(C)C)s1. The number of aryl methyl sites for hydroxylation is 1. The molecule has 0 bridgehead atoms. The van der Waals surface area contributed by atoms with Crippen molar-refractivity contribution in [1.82, 2.24) is 10.3 Å². The number of thiazole rings is 1. The van der Waals surface area contributed by atoms with E-state index in [0.717, 1.165) is 43.2 Å². The van der Waals surface area contributed by atoms with E-state index in [2.05, 4.69) is 46.9 Å². The molecule has 0 saturated carbocycles. The second kappa shape index (κ2) is 8.11. The van der Waals surface area contributed by atoms with Gasteiger partial charge in [0.2, 0.25) is 0 Å². The monoisotopic (exact) mass is 298 g/mol. The molecule has 1 N–H and O–H groups in total. The van der Waals surface area contributed by atoms with Crippen molar-refractivity contribution in [2.24, 2.45) is 5.92 Å². The average Bonchev–Trinajstić information content (AvgIpc) is 2.78. The van der Waals surface area contributed by atoms with Crippen molar-refractivity contribution < 1.29 is 4.74 Å². The van der Waals surface area contributed by atoms with Crippen molar-refractivity contribution in [3.8, 4) is 0 Å². The molecule has 0 amide bonds. The van der Waals surface area contributed by atoms with Gasteiger partial charge in [0.05, 0.1) is 5.69 Å². The van der Waals surface area contributed by atoms with Crippen LogP contribution in [0.5, 0.6) is 0 Å². The Kier molecular flexibility index (Phi) is 7.13. The maximum atomic E-state index is 6.05. The van der Waals surface area contributed by atoms with E-state index in [-0.39, 0.29) is 5.60 Å². The average molecular weight is 298 g/mol. The Labute approximate surface area is 128 Å². The zero-order valence-electron chi connectivity index (χ0n) is 13.9. The first-order valence-corrected chi connectivity index (χ1v) is 8.62. The van der Waals surface area contributed by atoms with Crippen molar-refractivity contribution in [2.75, 3.05) is 13.2 Å². The normalized spacial score (nSPS) is 12.3. The summed E-state index contributed by atoms with van der Waals surface area (Å²) in [6.07, 6.45) is 1.95. The Bertz CT molecular complexity index is 397. The molecule has 0 aliphatic rings. The number of rotatable bonds is 9. The van der Waals surface area contributed by atoms with Gasteiger partial charge < -0.3 is 10.1 Å². The summed E-state index contributed by atoms with van der Waals surface area (Å²) in [5.74, 6) is 0.677. The van der Waals surface area contributed by atoms with Gasteiger partial charge >= 0.3 is 0 Å². The lowest BCUT2D eigenvalue weighted by Gasteiger charge is -2.29. The van der Waals surface area contributed by atoms with E-state index in [1.54, 1.807) is 0 Å². The number of aromatic nitrogens is 1. The lowest BCUT2D eigenvalue weighted by atomic mass is 9.98. The number of hydrogen-bond donors (Lipinski definition) is 1.